The molecule has 1 rings (SSSR count). The molecule has 0 heterocycles. The molecule has 1 aromatic carbocycles. The number of Topliss-reactive ketones (excluding diaryl/α,β-unsaturated/α-hetero) is 1. The van der Waals surface area contributed by atoms with Gasteiger partial charge in [0.05, 0.1) is 4.92 Å². The van der Waals surface area contributed by atoms with E-state index >= 15 is 0 Å². The number of hydrogen-bond acceptors (Lipinski definition) is 4. The third-order valence-electron chi connectivity index (χ3n) is 3.35. The number of carbonyl (C=O) groups is 1. The molecule has 98 valence electrons. The molecule has 0 aliphatic heterocycles. The van der Waals surface area contributed by atoms with Crippen molar-refractivity contribution in [1.82, 2.24) is 5.32 Å². The van der Waals surface area contributed by atoms with Gasteiger partial charge in [0.1, 0.15) is 5.78 Å². The summed E-state index contributed by atoms with van der Waals surface area (Å²) in [4.78, 5) is 21.8. The number of non-ortho nitro benzene ring substituents is 1. The summed E-state index contributed by atoms with van der Waals surface area (Å²) in [6, 6.07) is 6.11. The first-order valence-corrected chi connectivity index (χ1v) is 5.73. The molecule has 0 aliphatic rings. The number of nitro groups is 1. The Labute approximate surface area is 106 Å². The van der Waals surface area contributed by atoms with Crippen LogP contribution in [0.25, 0.3) is 0 Å². The van der Waals surface area contributed by atoms with Gasteiger partial charge in [-0.3, -0.25) is 14.9 Å². The van der Waals surface area contributed by atoms with Gasteiger partial charge in [-0.25, -0.2) is 0 Å². The Hall–Kier alpha value is -1.75. The first kappa shape index (κ1) is 14.3. The summed E-state index contributed by atoms with van der Waals surface area (Å²) in [6.45, 7) is 5.27. The van der Waals surface area contributed by atoms with Gasteiger partial charge in [0.15, 0.2) is 0 Å². The van der Waals surface area contributed by atoms with Crippen molar-refractivity contribution in [3.63, 3.8) is 0 Å². The van der Waals surface area contributed by atoms with Crippen molar-refractivity contribution in [1.29, 1.82) is 0 Å². The van der Waals surface area contributed by atoms with Crippen LogP contribution >= 0.6 is 0 Å². The molecule has 0 aliphatic carbocycles. The highest BCUT2D eigenvalue weighted by atomic mass is 16.6. The largest absolute Gasteiger partial charge is 0.312 e. The Bertz CT molecular complexity index is 452. The van der Waals surface area contributed by atoms with Crippen LogP contribution in [0.2, 0.25) is 0 Å². The van der Waals surface area contributed by atoms with Crippen LogP contribution in [0.4, 0.5) is 5.69 Å². The number of carbonyl (C=O) groups excluding carboxylic acids is 1. The summed E-state index contributed by atoms with van der Waals surface area (Å²) in [7, 11) is 1.77. The van der Waals surface area contributed by atoms with Crippen LogP contribution in [0.5, 0.6) is 0 Å². The number of hydrogen-bond donors (Lipinski definition) is 1. The highest BCUT2D eigenvalue weighted by molar-refractivity contribution is 5.82. The van der Waals surface area contributed by atoms with E-state index in [0.717, 1.165) is 5.56 Å². The highest BCUT2D eigenvalue weighted by Gasteiger charge is 2.34. The zero-order valence-corrected chi connectivity index (χ0v) is 11.1. The molecule has 18 heavy (non-hydrogen) atoms. The predicted octanol–water partition coefficient (Wildman–Crippen LogP) is 2.47. The van der Waals surface area contributed by atoms with Crippen molar-refractivity contribution in [2.75, 3.05) is 7.05 Å². The Kier molecular flexibility index (Phi) is 4.19. The van der Waals surface area contributed by atoms with E-state index in [2.05, 4.69) is 5.32 Å². The van der Waals surface area contributed by atoms with Crippen LogP contribution in [0.3, 0.4) is 0 Å². The molecule has 1 N–H and O–H groups in total. The molecule has 0 aromatic heterocycles. The summed E-state index contributed by atoms with van der Waals surface area (Å²) in [6.07, 6.45) is 0. The van der Waals surface area contributed by atoms with E-state index in [9.17, 15) is 14.9 Å². The number of nitrogens with zero attached hydrogens (tertiary/aromatic N) is 1. The first-order valence-electron chi connectivity index (χ1n) is 5.73. The second kappa shape index (κ2) is 5.27. The highest BCUT2D eigenvalue weighted by Crippen LogP contribution is 2.34. The zero-order valence-electron chi connectivity index (χ0n) is 11.1. The van der Waals surface area contributed by atoms with E-state index in [1.54, 1.807) is 26.1 Å². The molecule has 1 aromatic rings. The SMILES string of the molecule is CNC(c1ccc([N+](=O)[O-])cc1)C(C)(C)C(C)=O. The summed E-state index contributed by atoms with van der Waals surface area (Å²) < 4.78 is 0. The maximum absolute atomic E-state index is 11.7. The lowest BCUT2D eigenvalue weighted by Crippen LogP contribution is -2.37. The smallest absolute Gasteiger partial charge is 0.269 e. The quantitative estimate of drug-likeness (QED) is 0.643. The lowest BCUT2D eigenvalue weighted by molar-refractivity contribution is -0.384. The Morgan fingerprint density at radius 3 is 2.17 bits per heavy atom. The molecule has 0 bridgehead atoms. The maximum Gasteiger partial charge on any atom is 0.269 e. The average Bonchev–Trinajstić information content (AvgIpc) is 2.30. The topological polar surface area (TPSA) is 72.2 Å². The lowest BCUT2D eigenvalue weighted by Gasteiger charge is -2.32. The Morgan fingerprint density at radius 1 is 1.33 bits per heavy atom. The second-order valence-electron chi connectivity index (χ2n) is 4.85. The molecule has 0 fully saturated rings. The van der Waals surface area contributed by atoms with Gasteiger partial charge < -0.3 is 5.32 Å². The van der Waals surface area contributed by atoms with E-state index in [1.165, 1.54) is 12.1 Å². The van der Waals surface area contributed by atoms with Crippen molar-refractivity contribution in [3.8, 4) is 0 Å². The summed E-state index contributed by atoms with van der Waals surface area (Å²) in [5.41, 5.74) is 0.350. The van der Waals surface area contributed by atoms with Crippen molar-refractivity contribution in [3.05, 3.63) is 39.9 Å². The molecule has 0 amide bonds. The first-order chi connectivity index (χ1) is 8.30. The van der Waals surface area contributed by atoms with Gasteiger partial charge in [-0.2, -0.15) is 0 Å². The Morgan fingerprint density at radius 2 is 1.83 bits per heavy atom. The van der Waals surface area contributed by atoms with Gasteiger partial charge in [0.25, 0.3) is 5.69 Å². The normalized spacial score (nSPS) is 13.1. The van der Waals surface area contributed by atoms with Crippen LogP contribution in [0, 0.1) is 15.5 Å². The molecule has 1 unspecified atom stereocenters. The summed E-state index contributed by atoms with van der Waals surface area (Å²) in [5, 5.41) is 13.7. The average molecular weight is 250 g/mol. The summed E-state index contributed by atoms with van der Waals surface area (Å²) >= 11 is 0. The van der Waals surface area contributed by atoms with Gasteiger partial charge in [-0.1, -0.05) is 26.0 Å². The van der Waals surface area contributed by atoms with E-state index in [1.807, 2.05) is 13.8 Å². The van der Waals surface area contributed by atoms with Crippen LogP contribution in [0.15, 0.2) is 24.3 Å². The van der Waals surface area contributed by atoms with Gasteiger partial charge >= 0.3 is 0 Å². The predicted molar refractivity (Wildman–Crippen MR) is 69.4 cm³/mol. The molecule has 5 nitrogen and oxygen atoms in total. The summed E-state index contributed by atoms with van der Waals surface area (Å²) in [5.74, 6) is 0.0696. The molecular weight excluding hydrogens is 232 g/mol. The number of benzene rings is 1. The molecule has 0 saturated carbocycles. The van der Waals surface area contributed by atoms with Crippen molar-refractivity contribution in [2.45, 2.75) is 26.8 Å². The van der Waals surface area contributed by atoms with Gasteiger partial charge in [0, 0.05) is 23.6 Å². The van der Waals surface area contributed by atoms with E-state index < -0.39 is 10.3 Å². The third-order valence-corrected chi connectivity index (χ3v) is 3.35. The van der Waals surface area contributed by atoms with Crippen LogP contribution in [-0.2, 0) is 4.79 Å². The fourth-order valence-corrected chi connectivity index (χ4v) is 1.94. The molecular formula is C13H18N2O3. The van der Waals surface area contributed by atoms with Gasteiger partial charge in [-0.05, 0) is 19.5 Å². The molecule has 0 saturated heterocycles. The minimum absolute atomic E-state index is 0.0502. The number of nitro benzene ring substituents is 1. The fraction of sp³-hybridized carbons (Fsp3) is 0.462. The number of nitrogens with one attached hydrogen (secondary N) is 1. The maximum atomic E-state index is 11.7. The minimum atomic E-state index is -0.565. The standard InChI is InChI=1S/C13H18N2O3/c1-9(16)13(2,3)12(14-4)10-5-7-11(8-6-10)15(17)18/h5-8,12,14H,1-4H3. The molecule has 0 radical (unpaired) electrons. The second-order valence-corrected chi connectivity index (χ2v) is 4.85. The van der Waals surface area contributed by atoms with E-state index in [4.69, 9.17) is 0 Å². The molecule has 5 heteroatoms. The van der Waals surface area contributed by atoms with Gasteiger partial charge in [0.2, 0.25) is 0 Å². The van der Waals surface area contributed by atoms with Crippen LogP contribution < -0.4 is 5.32 Å². The monoisotopic (exact) mass is 250 g/mol. The Balaban J connectivity index is 3.10. The molecule has 1 atom stereocenters. The fourth-order valence-electron chi connectivity index (χ4n) is 1.94. The van der Waals surface area contributed by atoms with Crippen molar-refractivity contribution in [2.24, 2.45) is 5.41 Å². The van der Waals surface area contributed by atoms with Crippen molar-refractivity contribution < 1.29 is 9.72 Å². The zero-order chi connectivity index (χ0) is 13.9. The van der Waals surface area contributed by atoms with E-state index in [-0.39, 0.29) is 17.5 Å². The number of ketones is 1. The van der Waals surface area contributed by atoms with Crippen LogP contribution in [-0.4, -0.2) is 17.8 Å². The van der Waals surface area contributed by atoms with Gasteiger partial charge in [-0.15, -0.1) is 0 Å². The number of rotatable bonds is 5. The molecule has 0 spiro atoms. The minimum Gasteiger partial charge on any atom is -0.312 e. The lowest BCUT2D eigenvalue weighted by atomic mass is 9.77. The third kappa shape index (κ3) is 2.73. The van der Waals surface area contributed by atoms with E-state index in [0.29, 0.717) is 0 Å². The van der Waals surface area contributed by atoms with Crippen LogP contribution in [0.1, 0.15) is 32.4 Å². The van der Waals surface area contributed by atoms with Crippen molar-refractivity contribution >= 4 is 11.5 Å².